The summed E-state index contributed by atoms with van der Waals surface area (Å²) in [4.78, 5) is 10.5. The van der Waals surface area contributed by atoms with Crippen LogP contribution in [-0.2, 0) is 4.79 Å². The molecule has 0 saturated heterocycles. The second-order valence-corrected chi connectivity index (χ2v) is 3.36. The lowest BCUT2D eigenvalue weighted by Gasteiger charge is -2.18. The molecule has 0 saturated carbocycles. The van der Waals surface area contributed by atoms with Crippen molar-refractivity contribution < 1.29 is 15.0 Å². The van der Waals surface area contributed by atoms with Gasteiger partial charge in [-0.3, -0.25) is 4.79 Å². The molecule has 0 aromatic rings. The number of carboxylic acid groups (broad SMARTS) is 1. The van der Waals surface area contributed by atoms with Crippen LogP contribution in [0.5, 0.6) is 0 Å². The molecule has 0 aliphatic rings. The molecule has 0 aliphatic carbocycles. The molecule has 4 heteroatoms. The molecule has 0 spiro atoms. The average Bonchev–Trinajstić information content (AvgIpc) is 1.84. The van der Waals surface area contributed by atoms with Crippen molar-refractivity contribution in [2.45, 2.75) is 32.9 Å². The summed E-state index contributed by atoms with van der Waals surface area (Å²) in [6, 6.07) is -0.854. The Morgan fingerprint density at radius 3 is 2.17 bits per heavy atom. The van der Waals surface area contributed by atoms with Crippen LogP contribution in [0.25, 0.3) is 0 Å². The predicted molar refractivity (Wildman–Crippen MR) is 45.9 cm³/mol. The quantitative estimate of drug-likeness (QED) is 0.553. The lowest BCUT2D eigenvalue weighted by atomic mass is 10.1. The fraction of sp³-hybridized carbons (Fsp3) is 0.875. The van der Waals surface area contributed by atoms with E-state index in [0.717, 1.165) is 0 Å². The molecule has 4 nitrogen and oxygen atoms in total. The van der Waals surface area contributed by atoms with Gasteiger partial charge in [0.2, 0.25) is 0 Å². The summed E-state index contributed by atoms with van der Waals surface area (Å²) in [6.45, 7) is 6.02. The predicted octanol–water partition coefficient (Wildman–Crippen LogP) is 0.0660. The van der Waals surface area contributed by atoms with Crippen LogP contribution < -0.4 is 5.32 Å². The van der Waals surface area contributed by atoms with Crippen molar-refractivity contribution in [3.8, 4) is 0 Å². The van der Waals surface area contributed by atoms with Gasteiger partial charge in [-0.15, -0.1) is 0 Å². The Bertz CT molecular complexity index is 145. The first-order chi connectivity index (χ1) is 5.45. The number of aliphatic hydroxyl groups excluding tert-OH is 1. The normalized spacial score (nSPS) is 16.1. The standard InChI is InChI=1S/C8H17NO3/c1-5(2)4-9-7(6(3)10)8(11)12/h5-7,9-10H,4H2,1-3H3,(H,11,12). The van der Waals surface area contributed by atoms with Gasteiger partial charge in [-0.1, -0.05) is 13.8 Å². The molecular weight excluding hydrogens is 158 g/mol. The van der Waals surface area contributed by atoms with Gasteiger partial charge >= 0.3 is 5.97 Å². The van der Waals surface area contributed by atoms with E-state index in [4.69, 9.17) is 10.2 Å². The third-order valence-electron chi connectivity index (χ3n) is 1.49. The summed E-state index contributed by atoms with van der Waals surface area (Å²) in [5.41, 5.74) is 0. The molecular formula is C8H17NO3. The zero-order valence-corrected chi connectivity index (χ0v) is 7.74. The number of aliphatic hydroxyl groups is 1. The highest BCUT2D eigenvalue weighted by Crippen LogP contribution is 1.95. The fourth-order valence-electron chi connectivity index (χ4n) is 0.827. The van der Waals surface area contributed by atoms with Gasteiger partial charge in [0.25, 0.3) is 0 Å². The monoisotopic (exact) mass is 175 g/mol. The molecule has 0 fully saturated rings. The molecule has 2 unspecified atom stereocenters. The fourth-order valence-corrected chi connectivity index (χ4v) is 0.827. The minimum Gasteiger partial charge on any atom is -0.480 e. The van der Waals surface area contributed by atoms with Crippen molar-refractivity contribution in [2.24, 2.45) is 5.92 Å². The first-order valence-corrected chi connectivity index (χ1v) is 4.09. The maximum Gasteiger partial charge on any atom is 0.323 e. The van der Waals surface area contributed by atoms with E-state index in [1.165, 1.54) is 6.92 Å². The van der Waals surface area contributed by atoms with E-state index in [1.54, 1.807) is 0 Å². The van der Waals surface area contributed by atoms with E-state index in [1.807, 2.05) is 13.8 Å². The molecule has 0 bridgehead atoms. The van der Waals surface area contributed by atoms with E-state index in [2.05, 4.69) is 5.32 Å². The van der Waals surface area contributed by atoms with Crippen molar-refractivity contribution in [1.82, 2.24) is 5.32 Å². The number of carboxylic acids is 1. The lowest BCUT2D eigenvalue weighted by molar-refractivity contribution is -0.142. The molecule has 2 atom stereocenters. The highest BCUT2D eigenvalue weighted by molar-refractivity contribution is 5.74. The Hall–Kier alpha value is -0.610. The highest BCUT2D eigenvalue weighted by Gasteiger charge is 2.21. The summed E-state index contributed by atoms with van der Waals surface area (Å²) < 4.78 is 0. The maximum absolute atomic E-state index is 10.5. The minimum absolute atomic E-state index is 0.380. The van der Waals surface area contributed by atoms with Crippen molar-refractivity contribution in [3.05, 3.63) is 0 Å². The largest absolute Gasteiger partial charge is 0.480 e. The summed E-state index contributed by atoms with van der Waals surface area (Å²) in [5.74, 6) is -0.628. The van der Waals surface area contributed by atoms with Gasteiger partial charge in [-0.2, -0.15) is 0 Å². The van der Waals surface area contributed by atoms with Crippen LogP contribution in [0.1, 0.15) is 20.8 Å². The average molecular weight is 175 g/mol. The van der Waals surface area contributed by atoms with Crippen molar-refractivity contribution >= 4 is 5.97 Å². The van der Waals surface area contributed by atoms with Gasteiger partial charge in [-0.25, -0.2) is 0 Å². The third kappa shape index (κ3) is 4.31. The zero-order valence-electron chi connectivity index (χ0n) is 7.74. The van der Waals surface area contributed by atoms with Crippen LogP contribution in [-0.4, -0.2) is 34.9 Å². The SMILES string of the molecule is CC(C)CNC(C(=O)O)C(C)O. The Labute approximate surface area is 72.6 Å². The smallest absolute Gasteiger partial charge is 0.323 e. The maximum atomic E-state index is 10.5. The molecule has 0 rings (SSSR count). The Balaban J connectivity index is 3.88. The Morgan fingerprint density at radius 2 is 1.92 bits per heavy atom. The molecule has 0 aliphatic heterocycles. The van der Waals surface area contributed by atoms with Crippen LogP contribution in [0, 0.1) is 5.92 Å². The van der Waals surface area contributed by atoms with Gasteiger partial charge < -0.3 is 15.5 Å². The van der Waals surface area contributed by atoms with Crippen LogP contribution >= 0.6 is 0 Å². The van der Waals surface area contributed by atoms with E-state index in [0.29, 0.717) is 12.5 Å². The van der Waals surface area contributed by atoms with Gasteiger partial charge in [0, 0.05) is 0 Å². The van der Waals surface area contributed by atoms with E-state index in [-0.39, 0.29) is 0 Å². The highest BCUT2D eigenvalue weighted by atomic mass is 16.4. The topological polar surface area (TPSA) is 69.6 Å². The summed E-state index contributed by atoms with van der Waals surface area (Å²) in [7, 11) is 0. The first-order valence-electron chi connectivity index (χ1n) is 4.09. The molecule has 72 valence electrons. The van der Waals surface area contributed by atoms with E-state index < -0.39 is 18.1 Å². The van der Waals surface area contributed by atoms with Crippen molar-refractivity contribution in [2.75, 3.05) is 6.54 Å². The van der Waals surface area contributed by atoms with E-state index >= 15 is 0 Å². The number of rotatable bonds is 5. The molecule has 3 N–H and O–H groups in total. The number of hydrogen-bond acceptors (Lipinski definition) is 3. The second kappa shape index (κ2) is 5.11. The number of nitrogens with one attached hydrogen (secondary N) is 1. The van der Waals surface area contributed by atoms with E-state index in [9.17, 15) is 4.79 Å². The minimum atomic E-state index is -1.01. The lowest BCUT2D eigenvalue weighted by Crippen LogP contribution is -2.46. The van der Waals surface area contributed by atoms with Gasteiger partial charge in [-0.05, 0) is 19.4 Å². The number of carbonyl (C=O) groups is 1. The molecule has 12 heavy (non-hydrogen) atoms. The molecule has 0 aromatic carbocycles. The van der Waals surface area contributed by atoms with Crippen LogP contribution in [0.15, 0.2) is 0 Å². The molecule has 0 amide bonds. The van der Waals surface area contributed by atoms with Crippen LogP contribution in [0.2, 0.25) is 0 Å². The van der Waals surface area contributed by atoms with Crippen molar-refractivity contribution in [1.29, 1.82) is 0 Å². The van der Waals surface area contributed by atoms with Gasteiger partial charge in [0.15, 0.2) is 0 Å². The number of hydrogen-bond donors (Lipinski definition) is 3. The molecule has 0 heterocycles. The summed E-state index contributed by atoms with van der Waals surface area (Å²) in [6.07, 6.45) is -0.860. The number of aliphatic carboxylic acids is 1. The van der Waals surface area contributed by atoms with Gasteiger partial charge in [0.1, 0.15) is 6.04 Å². The molecule has 0 aromatic heterocycles. The molecule has 0 radical (unpaired) electrons. The summed E-state index contributed by atoms with van der Waals surface area (Å²) >= 11 is 0. The van der Waals surface area contributed by atoms with Crippen LogP contribution in [0.3, 0.4) is 0 Å². The Kier molecular flexibility index (Phi) is 4.85. The van der Waals surface area contributed by atoms with Gasteiger partial charge in [0.05, 0.1) is 6.10 Å². The summed E-state index contributed by atoms with van der Waals surface area (Å²) in [5, 5.41) is 20.5. The third-order valence-corrected chi connectivity index (χ3v) is 1.49. The second-order valence-electron chi connectivity index (χ2n) is 3.36. The first kappa shape index (κ1) is 11.4. The Morgan fingerprint density at radius 1 is 1.42 bits per heavy atom. The zero-order chi connectivity index (χ0) is 9.72. The van der Waals surface area contributed by atoms with Crippen molar-refractivity contribution in [3.63, 3.8) is 0 Å². The van der Waals surface area contributed by atoms with Crippen LogP contribution in [0.4, 0.5) is 0 Å².